The number of para-hydroxylation sites is 1. The summed E-state index contributed by atoms with van der Waals surface area (Å²) in [4.78, 5) is 33.0. The Hall–Kier alpha value is -4.07. The van der Waals surface area contributed by atoms with Gasteiger partial charge in [0.15, 0.2) is 0 Å². The predicted octanol–water partition coefficient (Wildman–Crippen LogP) is 5.38. The lowest BCUT2D eigenvalue weighted by Crippen LogP contribution is -2.39. The predicted molar refractivity (Wildman–Crippen MR) is 158 cm³/mol. The molecule has 1 aliphatic carbocycles. The summed E-state index contributed by atoms with van der Waals surface area (Å²) in [6, 6.07) is 21.5. The molecule has 2 aliphatic rings. The van der Waals surface area contributed by atoms with Crippen LogP contribution in [0, 0.1) is 17.8 Å². The Morgan fingerprint density at radius 1 is 1.05 bits per heavy atom. The number of imide groups is 1. The van der Waals surface area contributed by atoms with Crippen LogP contribution in [0.1, 0.15) is 50.3 Å². The number of nitrogens with zero attached hydrogens (tertiary/aromatic N) is 2. The number of aliphatic hydroxyl groups excluding tert-OH is 2. The Morgan fingerprint density at radius 2 is 1.83 bits per heavy atom. The lowest BCUT2D eigenvalue weighted by Gasteiger charge is -2.36. The number of benzene rings is 2. The lowest BCUT2D eigenvalue weighted by molar-refractivity contribution is -0.123. The first-order chi connectivity index (χ1) is 19.9. The normalized spacial score (nSPS) is 21.8. The van der Waals surface area contributed by atoms with Gasteiger partial charge in [0.2, 0.25) is 11.8 Å². The number of phenols is 1. The van der Waals surface area contributed by atoms with Crippen LogP contribution in [0.4, 0.5) is 5.69 Å². The van der Waals surface area contributed by atoms with Gasteiger partial charge in [0.05, 0.1) is 35.9 Å². The van der Waals surface area contributed by atoms with Crippen molar-refractivity contribution in [3.63, 3.8) is 0 Å². The number of carbonyl (C=O) groups excluding carboxylic acids is 2. The monoisotopic (exact) mass is 552 g/mol. The van der Waals surface area contributed by atoms with Gasteiger partial charge in [-0.25, -0.2) is 0 Å². The molecule has 5 rings (SSSR count). The van der Waals surface area contributed by atoms with Crippen molar-refractivity contribution in [3.05, 3.63) is 101 Å². The van der Waals surface area contributed by atoms with Crippen molar-refractivity contribution in [3.8, 4) is 5.75 Å². The number of pyridine rings is 1. The molecule has 0 spiro atoms. The molecule has 212 valence electrons. The van der Waals surface area contributed by atoms with Crippen molar-refractivity contribution in [2.24, 2.45) is 17.8 Å². The molecular weight excluding hydrogens is 516 g/mol. The van der Waals surface area contributed by atoms with E-state index < -0.39 is 23.9 Å². The van der Waals surface area contributed by atoms with Gasteiger partial charge in [-0.3, -0.25) is 19.5 Å². The van der Waals surface area contributed by atoms with Gasteiger partial charge in [-0.05, 0) is 84.9 Å². The molecule has 1 saturated heterocycles. The third-order valence-electron chi connectivity index (χ3n) is 8.20. The first kappa shape index (κ1) is 28.5. The number of phenolic OH excluding ortho intramolecular Hbond substituents is 1. The number of allylic oxidation sites excluding steroid dienone is 2. The van der Waals surface area contributed by atoms with Crippen LogP contribution >= 0.6 is 0 Å². The van der Waals surface area contributed by atoms with Crippen molar-refractivity contribution >= 4 is 29.2 Å². The van der Waals surface area contributed by atoms with E-state index in [1.165, 1.54) is 4.90 Å². The standard InChI is InChI=1S/C34H36N2O5/c1-2-9-24-20-27-32(34(41)36(33(27)40)25-11-4-3-5-12-25)28(21-37)31(24)30(39)16-15-23(29-14-6-7-17-35-29)18-22-10-8-13-26(38)19-22/h3-8,10-14,17-19,27-28,30,32,37-39H,2,9,15-16,20-21H2,1H3/b23-18-/t27-,28+,30-,32-/m1/s1. The van der Waals surface area contributed by atoms with E-state index >= 15 is 0 Å². The Labute approximate surface area is 240 Å². The van der Waals surface area contributed by atoms with Gasteiger partial charge in [-0.2, -0.15) is 0 Å². The summed E-state index contributed by atoms with van der Waals surface area (Å²) in [6.07, 6.45) is 5.50. The topological polar surface area (TPSA) is 111 Å². The number of rotatable bonds is 10. The summed E-state index contributed by atoms with van der Waals surface area (Å²) < 4.78 is 0. The minimum absolute atomic E-state index is 0.163. The van der Waals surface area contributed by atoms with Crippen molar-refractivity contribution < 1.29 is 24.9 Å². The second-order valence-electron chi connectivity index (χ2n) is 10.8. The summed E-state index contributed by atoms with van der Waals surface area (Å²) in [5.41, 5.74) is 4.67. The van der Waals surface area contributed by atoms with Crippen LogP contribution in [0.5, 0.6) is 5.75 Å². The van der Waals surface area contributed by atoms with E-state index in [0.717, 1.165) is 28.8 Å². The first-order valence-electron chi connectivity index (χ1n) is 14.3. The second kappa shape index (κ2) is 12.6. The van der Waals surface area contributed by atoms with Crippen LogP contribution in [-0.4, -0.2) is 44.8 Å². The minimum atomic E-state index is -0.903. The Kier molecular flexibility index (Phi) is 8.76. The summed E-state index contributed by atoms with van der Waals surface area (Å²) >= 11 is 0. The van der Waals surface area contributed by atoms with Gasteiger partial charge in [0, 0.05) is 12.1 Å². The number of hydrogen-bond acceptors (Lipinski definition) is 6. The van der Waals surface area contributed by atoms with Gasteiger partial charge in [-0.1, -0.05) is 55.3 Å². The maximum Gasteiger partial charge on any atom is 0.238 e. The number of fused-ring (bicyclic) bond motifs is 1. The van der Waals surface area contributed by atoms with Crippen LogP contribution in [0.25, 0.3) is 11.6 Å². The summed E-state index contributed by atoms with van der Waals surface area (Å²) in [5.74, 6) is -2.29. The number of aromatic nitrogens is 1. The zero-order chi connectivity index (χ0) is 28.9. The van der Waals surface area contributed by atoms with Crippen LogP contribution in [0.2, 0.25) is 0 Å². The molecule has 0 unspecified atom stereocenters. The Morgan fingerprint density at radius 3 is 2.51 bits per heavy atom. The van der Waals surface area contributed by atoms with E-state index in [2.05, 4.69) is 4.98 Å². The number of hydrogen-bond donors (Lipinski definition) is 3. The van der Waals surface area contributed by atoms with Crippen molar-refractivity contribution in [1.29, 1.82) is 0 Å². The molecule has 3 N–H and O–H groups in total. The fourth-order valence-corrected chi connectivity index (χ4v) is 6.42. The van der Waals surface area contributed by atoms with E-state index in [1.54, 1.807) is 48.7 Å². The molecular formula is C34H36N2O5. The summed E-state index contributed by atoms with van der Waals surface area (Å²) in [7, 11) is 0. The number of anilines is 1. The van der Waals surface area contributed by atoms with Crippen molar-refractivity contribution in [1.82, 2.24) is 4.98 Å². The Balaban J connectivity index is 1.44. The van der Waals surface area contributed by atoms with Gasteiger partial charge >= 0.3 is 0 Å². The number of aliphatic hydroxyl groups is 2. The third kappa shape index (κ3) is 5.87. The van der Waals surface area contributed by atoms with E-state index in [-0.39, 0.29) is 24.2 Å². The van der Waals surface area contributed by atoms with Gasteiger partial charge < -0.3 is 15.3 Å². The molecule has 2 amide bonds. The van der Waals surface area contributed by atoms with E-state index in [4.69, 9.17) is 0 Å². The molecule has 0 bridgehead atoms. The van der Waals surface area contributed by atoms with Crippen LogP contribution < -0.4 is 4.90 Å². The molecule has 2 heterocycles. The molecule has 1 aliphatic heterocycles. The quantitative estimate of drug-likeness (QED) is 0.230. The SMILES string of the molecule is CCCC1=C([C@H](O)CC/C(=C/c2cccc(O)c2)c2ccccn2)[C@H](CO)[C@@H]2C(=O)N(c3ccccc3)C(=O)[C@@H]2C1. The Bertz CT molecular complexity index is 1450. The average molecular weight is 553 g/mol. The van der Waals surface area contributed by atoms with Crippen LogP contribution in [-0.2, 0) is 9.59 Å². The van der Waals surface area contributed by atoms with E-state index in [9.17, 15) is 24.9 Å². The van der Waals surface area contributed by atoms with Crippen molar-refractivity contribution in [2.75, 3.05) is 11.5 Å². The minimum Gasteiger partial charge on any atom is -0.508 e. The molecule has 0 saturated carbocycles. The van der Waals surface area contributed by atoms with Crippen molar-refractivity contribution in [2.45, 2.75) is 45.1 Å². The number of aromatic hydroxyl groups is 1. The highest BCUT2D eigenvalue weighted by atomic mass is 16.3. The zero-order valence-corrected chi connectivity index (χ0v) is 23.2. The summed E-state index contributed by atoms with van der Waals surface area (Å²) in [6.45, 7) is 1.72. The molecule has 2 aromatic carbocycles. The lowest BCUT2D eigenvalue weighted by atomic mass is 9.67. The number of amides is 2. The maximum atomic E-state index is 13.7. The molecule has 1 aromatic heterocycles. The van der Waals surface area contributed by atoms with Gasteiger partial charge in [-0.15, -0.1) is 0 Å². The smallest absolute Gasteiger partial charge is 0.238 e. The zero-order valence-electron chi connectivity index (χ0n) is 23.2. The molecule has 3 aromatic rings. The number of carbonyl (C=O) groups is 2. The fourth-order valence-electron chi connectivity index (χ4n) is 6.42. The first-order valence-corrected chi connectivity index (χ1v) is 14.3. The highest BCUT2D eigenvalue weighted by Gasteiger charge is 2.55. The molecule has 41 heavy (non-hydrogen) atoms. The van der Waals surface area contributed by atoms with Gasteiger partial charge in [0.1, 0.15) is 5.75 Å². The van der Waals surface area contributed by atoms with E-state index in [1.807, 2.05) is 43.3 Å². The average Bonchev–Trinajstić information content (AvgIpc) is 3.24. The highest BCUT2D eigenvalue weighted by Crippen LogP contribution is 2.48. The maximum absolute atomic E-state index is 13.7. The third-order valence-corrected chi connectivity index (χ3v) is 8.20. The highest BCUT2D eigenvalue weighted by molar-refractivity contribution is 6.22. The van der Waals surface area contributed by atoms with E-state index in [0.29, 0.717) is 36.9 Å². The molecule has 4 atom stereocenters. The molecule has 0 radical (unpaired) electrons. The fraction of sp³-hybridized carbons (Fsp3) is 0.324. The molecule has 7 nitrogen and oxygen atoms in total. The molecule has 7 heteroatoms. The molecule has 1 fully saturated rings. The second-order valence-corrected chi connectivity index (χ2v) is 10.8. The van der Waals surface area contributed by atoms with Crippen LogP contribution in [0.3, 0.4) is 0 Å². The van der Waals surface area contributed by atoms with Crippen LogP contribution in [0.15, 0.2) is 90.1 Å². The van der Waals surface area contributed by atoms with Gasteiger partial charge in [0.25, 0.3) is 0 Å². The summed E-state index contributed by atoms with van der Waals surface area (Å²) in [5, 5.41) is 32.2. The largest absolute Gasteiger partial charge is 0.508 e.